The van der Waals surface area contributed by atoms with Crippen LogP contribution >= 0.6 is 23.2 Å². The molecule has 0 spiro atoms. The van der Waals surface area contributed by atoms with Gasteiger partial charge in [-0.2, -0.15) is 13.2 Å². The number of alkyl halides is 3. The largest absolute Gasteiger partial charge is 0.459 e. The maximum Gasteiger partial charge on any atom is 0.416 e. The van der Waals surface area contributed by atoms with Gasteiger partial charge in [0.05, 0.1) is 38.7 Å². The van der Waals surface area contributed by atoms with E-state index in [9.17, 15) is 36.0 Å². The quantitative estimate of drug-likeness (QED) is 0.347. The number of carbonyl (C=O) groups is 1. The molecular formula is C28H30Cl2F3N3O6S. The standard InChI is InChI=1S/C28H30Cl2F3N3O6S/c1-5-43(40,41)21-9-8-16(29)11-15(21)13-36-24(37)17-12-19(28(31,32)33)18(22(30)23(17)34-26(36)39)14-35-10-6-7-20(35)25(38)42-27(2,3)4/h8-9,11-12,20H,5-7,10,13-14H2,1-4H3,(H,34,39). The molecule has 1 N–H and O–H groups in total. The Morgan fingerprint density at radius 3 is 2.40 bits per heavy atom. The van der Waals surface area contributed by atoms with Crippen LogP contribution in [0.1, 0.15) is 57.2 Å². The van der Waals surface area contributed by atoms with Gasteiger partial charge in [0.15, 0.2) is 9.84 Å². The molecule has 1 aliphatic rings. The molecule has 2 aromatic carbocycles. The summed E-state index contributed by atoms with van der Waals surface area (Å²) in [6.45, 7) is 5.81. The number of rotatable bonds is 7. The summed E-state index contributed by atoms with van der Waals surface area (Å²) in [5.74, 6) is -0.846. The van der Waals surface area contributed by atoms with Crippen LogP contribution in [-0.4, -0.2) is 52.8 Å². The van der Waals surface area contributed by atoms with E-state index in [0.717, 1.165) is 0 Å². The van der Waals surface area contributed by atoms with E-state index in [1.165, 1.54) is 30.0 Å². The summed E-state index contributed by atoms with van der Waals surface area (Å²) in [6.07, 6.45) is -4.03. The van der Waals surface area contributed by atoms with E-state index in [2.05, 4.69) is 4.98 Å². The molecule has 2 heterocycles. The minimum absolute atomic E-state index is 0.0160. The van der Waals surface area contributed by atoms with Crippen molar-refractivity contribution in [3.63, 3.8) is 0 Å². The molecule has 15 heteroatoms. The zero-order valence-electron chi connectivity index (χ0n) is 23.8. The zero-order valence-corrected chi connectivity index (χ0v) is 26.1. The first-order chi connectivity index (χ1) is 19.8. The second-order valence-electron chi connectivity index (χ2n) is 11.3. The highest BCUT2D eigenvalue weighted by Gasteiger charge is 2.39. The van der Waals surface area contributed by atoms with Gasteiger partial charge in [-0.3, -0.25) is 19.1 Å². The summed E-state index contributed by atoms with van der Waals surface area (Å²) in [6, 6.07) is 3.67. The molecule has 1 saturated heterocycles. The van der Waals surface area contributed by atoms with Crippen molar-refractivity contribution in [3.8, 4) is 0 Å². The number of likely N-dealkylation sites (tertiary alicyclic amines) is 1. The zero-order chi connectivity index (χ0) is 32.1. The van der Waals surface area contributed by atoms with E-state index < -0.39 is 73.0 Å². The van der Waals surface area contributed by atoms with Crippen molar-refractivity contribution < 1.29 is 31.1 Å². The number of nitrogens with one attached hydrogen (secondary N) is 1. The number of hydrogen-bond donors (Lipinski definition) is 1. The lowest BCUT2D eigenvalue weighted by atomic mass is 10.0. The number of nitrogens with zero attached hydrogens (tertiary/aromatic N) is 2. The van der Waals surface area contributed by atoms with Gasteiger partial charge in [0.1, 0.15) is 11.6 Å². The van der Waals surface area contributed by atoms with Crippen molar-refractivity contribution in [2.75, 3.05) is 12.3 Å². The Hall–Kier alpha value is -2.87. The first-order valence-electron chi connectivity index (χ1n) is 13.4. The predicted molar refractivity (Wildman–Crippen MR) is 156 cm³/mol. The molecule has 3 aromatic rings. The van der Waals surface area contributed by atoms with Crippen LogP contribution in [0.4, 0.5) is 13.2 Å². The Morgan fingerprint density at radius 2 is 1.79 bits per heavy atom. The number of H-pyrrole nitrogens is 1. The Balaban J connectivity index is 1.85. The van der Waals surface area contributed by atoms with Gasteiger partial charge >= 0.3 is 17.8 Å². The Bertz CT molecular complexity index is 1810. The van der Waals surface area contributed by atoms with Crippen LogP contribution in [0.15, 0.2) is 38.8 Å². The van der Waals surface area contributed by atoms with Crippen molar-refractivity contribution in [1.82, 2.24) is 14.5 Å². The van der Waals surface area contributed by atoms with Crippen molar-refractivity contribution >= 4 is 49.9 Å². The summed E-state index contributed by atoms with van der Waals surface area (Å²) in [5, 5.41) is -0.875. The predicted octanol–water partition coefficient (Wildman–Crippen LogP) is 5.16. The van der Waals surface area contributed by atoms with E-state index in [0.29, 0.717) is 30.0 Å². The molecule has 1 unspecified atom stereocenters. The molecule has 0 aliphatic carbocycles. The Kier molecular flexibility index (Phi) is 9.14. The number of fused-ring (bicyclic) bond motifs is 1. The van der Waals surface area contributed by atoms with Gasteiger partial charge in [0, 0.05) is 11.6 Å². The number of benzene rings is 2. The number of aromatic amines is 1. The number of carbonyl (C=O) groups excluding carboxylic acids is 1. The fourth-order valence-electron chi connectivity index (χ4n) is 5.10. The molecule has 0 saturated carbocycles. The number of sulfone groups is 1. The summed E-state index contributed by atoms with van der Waals surface area (Å²) >= 11 is 12.5. The van der Waals surface area contributed by atoms with Crippen LogP contribution in [0.3, 0.4) is 0 Å². The van der Waals surface area contributed by atoms with Crippen LogP contribution < -0.4 is 11.2 Å². The van der Waals surface area contributed by atoms with E-state index in [1.54, 1.807) is 20.8 Å². The minimum Gasteiger partial charge on any atom is -0.459 e. The normalized spacial score (nSPS) is 16.6. The topological polar surface area (TPSA) is 119 Å². The first-order valence-corrected chi connectivity index (χ1v) is 15.8. The molecule has 0 bridgehead atoms. The highest BCUT2D eigenvalue weighted by atomic mass is 35.5. The van der Waals surface area contributed by atoms with E-state index in [4.69, 9.17) is 27.9 Å². The Labute approximate surface area is 255 Å². The number of aromatic nitrogens is 2. The number of ether oxygens (including phenoxy) is 1. The molecule has 1 aliphatic heterocycles. The van der Waals surface area contributed by atoms with Crippen LogP contribution in [0.2, 0.25) is 10.0 Å². The molecule has 1 atom stereocenters. The molecule has 1 aromatic heterocycles. The fourth-order valence-corrected chi connectivity index (χ4v) is 6.72. The van der Waals surface area contributed by atoms with Crippen molar-refractivity contribution in [1.29, 1.82) is 0 Å². The molecule has 0 amide bonds. The van der Waals surface area contributed by atoms with Gasteiger partial charge < -0.3 is 9.72 Å². The molecule has 0 radical (unpaired) electrons. The van der Waals surface area contributed by atoms with Gasteiger partial charge in [-0.15, -0.1) is 0 Å². The summed E-state index contributed by atoms with van der Waals surface area (Å²) in [5.41, 5.74) is -4.82. The molecule has 43 heavy (non-hydrogen) atoms. The highest BCUT2D eigenvalue weighted by Crippen LogP contribution is 2.39. The van der Waals surface area contributed by atoms with Crippen LogP contribution in [0, 0.1) is 0 Å². The third-order valence-electron chi connectivity index (χ3n) is 7.10. The van der Waals surface area contributed by atoms with Crippen LogP contribution in [-0.2, 0) is 38.6 Å². The first kappa shape index (κ1) is 33.0. The lowest BCUT2D eigenvalue weighted by Gasteiger charge is -2.28. The van der Waals surface area contributed by atoms with E-state index in [-0.39, 0.29) is 33.3 Å². The average molecular weight is 665 g/mol. The Morgan fingerprint density at radius 1 is 1.12 bits per heavy atom. The van der Waals surface area contributed by atoms with Crippen molar-refractivity contribution in [3.05, 3.63) is 71.8 Å². The molecular weight excluding hydrogens is 634 g/mol. The third kappa shape index (κ3) is 6.95. The lowest BCUT2D eigenvalue weighted by Crippen LogP contribution is -2.40. The lowest BCUT2D eigenvalue weighted by molar-refractivity contribution is -0.160. The van der Waals surface area contributed by atoms with Gasteiger partial charge in [-0.05, 0) is 75.5 Å². The third-order valence-corrected chi connectivity index (χ3v) is 9.58. The molecule has 234 valence electrons. The number of esters is 1. The van der Waals surface area contributed by atoms with Crippen LogP contribution in [0.25, 0.3) is 10.9 Å². The molecule has 1 fully saturated rings. The van der Waals surface area contributed by atoms with Crippen molar-refractivity contribution in [2.45, 2.75) is 76.3 Å². The summed E-state index contributed by atoms with van der Waals surface area (Å²) in [7, 11) is -3.80. The smallest absolute Gasteiger partial charge is 0.416 e. The average Bonchev–Trinajstić information content (AvgIpc) is 3.35. The fraction of sp³-hybridized carbons (Fsp3) is 0.464. The molecule has 9 nitrogen and oxygen atoms in total. The second kappa shape index (κ2) is 11.9. The van der Waals surface area contributed by atoms with E-state index >= 15 is 0 Å². The number of hydrogen-bond acceptors (Lipinski definition) is 7. The minimum atomic E-state index is -4.95. The van der Waals surface area contributed by atoms with E-state index in [1.807, 2.05) is 0 Å². The van der Waals surface area contributed by atoms with Crippen molar-refractivity contribution in [2.24, 2.45) is 0 Å². The monoisotopic (exact) mass is 663 g/mol. The number of halogens is 5. The van der Waals surface area contributed by atoms with Gasteiger partial charge in [0.2, 0.25) is 0 Å². The van der Waals surface area contributed by atoms with Gasteiger partial charge in [0.25, 0.3) is 5.56 Å². The summed E-state index contributed by atoms with van der Waals surface area (Å²) in [4.78, 5) is 43.2. The van der Waals surface area contributed by atoms with Gasteiger partial charge in [-0.1, -0.05) is 30.1 Å². The second-order valence-corrected chi connectivity index (χ2v) is 14.3. The maximum atomic E-state index is 14.4. The van der Waals surface area contributed by atoms with Gasteiger partial charge in [-0.25, -0.2) is 13.2 Å². The molecule has 4 rings (SSSR count). The highest BCUT2D eigenvalue weighted by molar-refractivity contribution is 7.91. The van der Waals surface area contributed by atoms with Crippen LogP contribution in [0.5, 0.6) is 0 Å². The maximum absolute atomic E-state index is 14.4. The SMILES string of the molecule is CCS(=O)(=O)c1ccc(Cl)cc1Cn1c(=O)[nH]c2c(Cl)c(CN3CCCC3C(=O)OC(C)(C)C)c(C(F)(F)F)cc2c1=O. The summed E-state index contributed by atoms with van der Waals surface area (Å²) < 4.78 is 74.5.